The molecule has 0 aliphatic carbocycles. The maximum atomic E-state index is 5.98. The predicted octanol–water partition coefficient (Wildman–Crippen LogP) is 4.62. The van der Waals surface area contributed by atoms with Gasteiger partial charge in [0.25, 0.3) is 0 Å². The number of benzene rings is 2. The van der Waals surface area contributed by atoms with Crippen molar-refractivity contribution in [2.24, 2.45) is 0 Å². The van der Waals surface area contributed by atoms with Gasteiger partial charge in [-0.1, -0.05) is 23.4 Å². The second kappa shape index (κ2) is 8.27. The molecule has 1 heterocycles. The summed E-state index contributed by atoms with van der Waals surface area (Å²) in [5.41, 5.74) is 0.948. The Morgan fingerprint density at radius 3 is 2.20 bits per heavy atom. The molecule has 3 aromatic rings. The van der Waals surface area contributed by atoms with Crippen LogP contribution in [0.3, 0.4) is 0 Å². The second-order valence-electron chi connectivity index (χ2n) is 5.11. The number of nitrogens with zero attached hydrogens (tertiary/aromatic N) is 3. The molecule has 130 valence electrons. The Labute approximate surface area is 155 Å². The lowest BCUT2D eigenvalue weighted by molar-refractivity contribution is 0.291. The van der Waals surface area contributed by atoms with Gasteiger partial charge in [0, 0.05) is 10.7 Å². The van der Waals surface area contributed by atoms with Crippen LogP contribution in [0.4, 0.5) is 0 Å². The molecule has 0 unspecified atom stereocenters. The minimum atomic E-state index is 0.310. The molecule has 5 nitrogen and oxygen atoms in total. The lowest BCUT2D eigenvalue weighted by Crippen LogP contribution is -2.06. The van der Waals surface area contributed by atoms with Gasteiger partial charge in [-0.2, -0.15) is 0 Å². The number of halogens is 1. The topological polar surface area (TPSA) is 49.2 Å². The van der Waals surface area contributed by atoms with Crippen LogP contribution >= 0.6 is 23.4 Å². The summed E-state index contributed by atoms with van der Waals surface area (Å²) in [5.74, 6) is 2.30. The van der Waals surface area contributed by atoms with Gasteiger partial charge in [-0.25, -0.2) is 0 Å². The van der Waals surface area contributed by atoms with Gasteiger partial charge in [0.15, 0.2) is 11.0 Å². The van der Waals surface area contributed by atoms with E-state index in [1.54, 1.807) is 0 Å². The zero-order valence-corrected chi connectivity index (χ0v) is 15.5. The molecule has 25 heavy (non-hydrogen) atoms. The average Bonchev–Trinajstić information content (AvgIpc) is 3.05. The molecular formula is C18H18ClN3O2S. The molecule has 0 aliphatic rings. The van der Waals surface area contributed by atoms with Crippen LogP contribution in [0.5, 0.6) is 11.5 Å². The normalized spacial score (nSPS) is 10.7. The fraction of sp³-hybridized carbons (Fsp3) is 0.222. The van der Waals surface area contributed by atoms with Crippen LogP contribution < -0.4 is 9.47 Å². The van der Waals surface area contributed by atoms with Gasteiger partial charge in [-0.15, -0.1) is 10.2 Å². The number of ether oxygens (including phenoxy) is 2. The van der Waals surface area contributed by atoms with Crippen molar-refractivity contribution in [3.05, 3.63) is 59.4 Å². The van der Waals surface area contributed by atoms with E-state index in [-0.39, 0.29) is 0 Å². The predicted molar refractivity (Wildman–Crippen MR) is 100 cm³/mol. The smallest absolute Gasteiger partial charge is 0.195 e. The van der Waals surface area contributed by atoms with Crippen molar-refractivity contribution >= 4 is 23.4 Å². The fourth-order valence-electron chi connectivity index (χ4n) is 2.32. The maximum Gasteiger partial charge on any atom is 0.195 e. The molecule has 0 saturated heterocycles. The summed E-state index contributed by atoms with van der Waals surface area (Å²) in [7, 11) is 0. The molecule has 0 fully saturated rings. The fourth-order valence-corrected chi connectivity index (χ4v) is 2.96. The molecule has 0 N–H and O–H groups in total. The molecule has 3 rings (SSSR count). The lowest BCUT2D eigenvalue weighted by atomic mass is 10.3. The highest BCUT2D eigenvalue weighted by Gasteiger charge is 2.14. The Morgan fingerprint density at radius 1 is 0.960 bits per heavy atom. The van der Waals surface area contributed by atoms with E-state index < -0.39 is 0 Å². The average molecular weight is 376 g/mol. The van der Waals surface area contributed by atoms with Crippen molar-refractivity contribution in [3.63, 3.8) is 0 Å². The number of rotatable bonds is 7. The third kappa shape index (κ3) is 4.27. The van der Waals surface area contributed by atoms with Crippen LogP contribution in [0.15, 0.2) is 53.7 Å². The van der Waals surface area contributed by atoms with E-state index in [0.717, 1.165) is 28.2 Å². The van der Waals surface area contributed by atoms with Gasteiger partial charge in [-0.05, 0) is 61.7 Å². The number of thioether (sulfide) groups is 1. The molecule has 2 aromatic carbocycles. The molecule has 0 radical (unpaired) electrons. The van der Waals surface area contributed by atoms with Crippen LogP contribution in [-0.2, 0) is 6.61 Å². The third-order valence-electron chi connectivity index (χ3n) is 3.47. The van der Waals surface area contributed by atoms with E-state index in [4.69, 9.17) is 21.1 Å². The summed E-state index contributed by atoms with van der Waals surface area (Å²) in [4.78, 5) is 0. The summed E-state index contributed by atoms with van der Waals surface area (Å²) in [6.45, 7) is 2.91. The number of aromatic nitrogens is 3. The molecule has 0 spiro atoms. The van der Waals surface area contributed by atoms with Gasteiger partial charge < -0.3 is 9.47 Å². The zero-order chi connectivity index (χ0) is 17.6. The van der Waals surface area contributed by atoms with E-state index in [1.165, 1.54) is 11.8 Å². The van der Waals surface area contributed by atoms with Crippen molar-refractivity contribution < 1.29 is 9.47 Å². The van der Waals surface area contributed by atoms with E-state index in [2.05, 4.69) is 10.2 Å². The first-order valence-corrected chi connectivity index (χ1v) is 9.41. The maximum absolute atomic E-state index is 5.98. The Kier molecular flexibility index (Phi) is 5.83. The first-order chi connectivity index (χ1) is 12.2. The first-order valence-electron chi connectivity index (χ1n) is 7.81. The van der Waals surface area contributed by atoms with Gasteiger partial charge in [0.2, 0.25) is 0 Å². The molecule has 0 aliphatic heterocycles. The van der Waals surface area contributed by atoms with Crippen molar-refractivity contribution in [2.45, 2.75) is 18.7 Å². The van der Waals surface area contributed by atoms with Gasteiger partial charge in [0.05, 0.1) is 6.61 Å². The monoisotopic (exact) mass is 375 g/mol. The number of hydrogen-bond acceptors (Lipinski definition) is 5. The quantitative estimate of drug-likeness (QED) is 0.564. The molecule has 0 bridgehead atoms. The molecular weight excluding hydrogens is 358 g/mol. The lowest BCUT2D eigenvalue weighted by Gasteiger charge is -2.11. The molecule has 1 aromatic heterocycles. The van der Waals surface area contributed by atoms with Gasteiger partial charge in [-0.3, -0.25) is 4.57 Å². The van der Waals surface area contributed by atoms with E-state index in [0.29, 0.717) is 18.2 Å². The van der Waals surface area contributed by atoms with Gasteiger partial charge >= 0.3 is 0 Å². The minimum Gasteiger partial charge on any atom is -0.494 e. The van der Waals surface area contributed by atoms with Crippen molar-refractivity contribution in [1.82, 2.24) is 14.8 Å². The molecule has 0 atom stereocenters. The highest BCUT2D eigenvalue weighted by atomic mass is 35.5. The van der Waals surface area contributed by atoms with Crippen LogP contribution in [0.2, 0.25) is 5.02 Å². The van der Waals surface area contributed by atoms with Crippen molar-refractivity contribution in [2.75, 3.05) is 12.9 Å². The van der Waals surface area contributed by atoms with E-state index >= 15 is 0 Å². The Morgan fingerprint density at radius 2 is 1.60 bits per heavy atom. The summed E-state index contributed by atoms with van der Waals surface area (Å²) in [6.07, 6.45) is 1.97. The van der Waals surface area contributed by atoms with Crippen LogP contribution in [-0.4, -0.2) is 27.6 Å². The SMILES string of the molecule is CCOc1ccc(OCc2nnc(SC)n2-c2ccc(Cl)cc2)cc1. The minimum absolute atomic E-state index is 0.310. The third-order valence-corrected chi connectivity index (χ3v) is 4.35. The van der Waals surface area contributed by atoms with Crippen molar-refractivity contribution in [3.8, 4) is 17.2 Å². The summed E-state index contributed by atoms with van der Waals surface area (Å²) < 4.78 is 13.3. The summed E-state index contributed by atoms with van der Waals surface area (Å²) in [6, 6.07) is 15.1. The Balaban J connectivity index is 1.78. The van der Waals surface area contributed by atoms with Crippen LogP contribution in [0.25, 0.3) is 5.69 Å². The summed E-state index contributed by atoms with van der Waals surface area (Å²) in [5, 5.41) is 9.97. The molecule has 0 saturated carbocycles. The Hall–Kier alpha value is -2.18. The first kappa shape index (κ1) is 17.6. The van der Waals surface area contributed by atoms with Crippen LogP contribution in [0, 0.1) is 0 Å². The Bertz CT molecular complexity index is 819. The standard InChI is InChI=1S/C18H18ClN3O2S/c1-3-23-15-8-10-16(11-9-15)24-12-17-20-21-18(25-2)22(17)14-6-4-13(19)5-7-14/h4-11H,3,12H2,1-2H3. The van der Waals surface area contributed by atoms with E-state index in [9.17, 15) is 0 Å². The summed E-state index contributed by atoms with van der Waals surface area (Å²) >= 11 is 7.51. The van der Waals surface area contributed by atoms with Crippen molar-refractivity contribution in [1.29, 1.82) is 0 Å². The second-order valence-corrected chi connectivity index (χ2v) is 6.32. The van der Waals surface area contributed by atoms with Crippen LogP contribution in [0.1, 0.15) is 12.7 Å². The molecule has 7 heteroatoms. The van der Waals surface area contributed by atoms with E-state index in [1.807, 2.05) is 66.3 Å². The van der Waals surface area contributed by atoms with Gasteiger partial charge in [0.1, 0.15) is 18.1 Å². The highest BCUT2D eigenvalue weighted by Crippen LogP contribution is 2.23. The highest BCUT2D eigenvalue weighted by molar-refractivity contribution is 7.98. The molecule has 0 amide bonds. The zero-order valence-electron chi connectivity index (χ0n) is 14.0. The largest absolute Gasteiger partial charge is 0.494 e. The number of hydrogen-bond donors (Lipinski definition) is 0.